The van der Waals surface area contributed by atoms with Crippen LogP contribution in [-0.2, 0) is 4.79 Å². The van der Waals surface area contributed by atoms with Crippen LogP contribution in [0, 0.1) is 12.8 Å². The van der Waals surface area contributed by atoms with Gasteiger partial charge in [-0.2, -0.15) is 0 Å². The van der Waals surface area contributed by atoms with Crippen molar-refractivity contribution >= 4 is 23.2 Å². The minimum absolute atomic E-state index is 0.333. The Morgan fingerprint density at radius 3 is 2.53 bits per heavy atom. The SMILES string of the molecule is Cc1c(Cl)cccc1N1CCN(C(=O)C2CC2)CC1. The molecule has 0 unspecified atom stereocenters. The first kappa shape index (κ1) is 12.8. The number of benzene rings is 1. The van der Waals surface area contributed by atoms with Crippen LogP contribution < -0.4 is 4.90 Å². The largest absolute Gasteiger partial charge is 0.368 e. The molecule has 1 saturated heterocycles. The zero-order chi connectivity index (χ0) is 13.4. The summed E-state index contributed by atoms with van der Waals surface area (Å²) in [4.78, 5) is 16.4. The van der Waals surface area contributed by atoms with Crippen molar-refractivity contribution in [2.24, 2.45) is 5.92 Å². The summed E-state index contributed by atoms with van der Waals surface area (Å²) in [6.45, 7) is 5.53. The molecule has 2 fully saturated rings. The molecule has 2 aliphatic rings. The van der Waals surface area contributed by atoms with Crippen molar-refractivity contribution in [3.63, 3.8) is 0 Å². The first-order valence-electron chi connectivity index (χ1n) is 6.95. The number of amides is 1. The number of halogens is 1. The number of carbonyl (C=O) groups is 1. The molecule has 1 aromatic rings. The molecule has 1 aliphatic heterocycles. The molecular weight excluding hydrogens is 260 g/mol. The van der Waals surface area contributed by atoms with E-state index in [1.54, 1.807) is 0 Å². The predicted octanol–water partition coefficient (Wildman–Crippen LogP) is 2.71. The van der Waals surface area contributed by atoms with E-state index in [1.807, 2.05) is 17.0 Å². The third-order valence-electron chi connectivity index (χ3n) is 4.10. The standard InChI is InChI=1S/C15H19ClN2O/c1-11-13(16)3-2-4-14(11)17-7-9-18(10-8-17)15(19)12-5-6-12/h2-4,12H,5-10H2,1H3. The lowest BCUT2D eigenvalue weighted by Crippen LogP contribution is -2.49. The molecule has 1 heterocycles. The highest BCUT2D eigenvalue weighted by molar-refractivity contribution is 6.31. The fraction of sp³-hybridized carbons (Fsp3) is 0.533. The highest BCUT2D eigenvalue weighted by Crippen LogP contribution is 2.32. The molecule has 0 radical (unpaired) electrons. The number of rotatable bonds is 2. The van der Waals surface area contributed by atoms with Gasteiger partial charge in [0.2, 0.25) is 5.91 Å². The van der Waals surface area contributed by atoms with Crippen molar-refractivity contribution < 1.29 is 4.79 Å². The third kappa shape index (κ3) is 2.57. The summed E-state index contributed by atoms with van der Waals surface area (Å²) in [5, 5.41) is 0.814. The monoisotopic (exact) mass is 278 g/mol. The van der Waals surface area contributed by atoms with Crippen LogP contribution >= 0.6 is 11.6 Å². The van der Waals surface area contributed by atoms with Crippen LogP contribution in [0.15, 0.2) is 18.2 Å². The molecule has 0 atom stereocenters. The average Bonchev–Trinajstić information content (AvgIpc) is 3.26. The van der Waals surface area contributed by atoms with E-state index in [9.17, 15) is 4.79 Å². The molecule has 0 bridgehead atoms. The quantitative estimate of drug-likeness (QED) is 0.830. The maximum absolute atomic E-state index is 12.0. The van der Waals surface area contributed by atoms with E-state index in [0.717, 1.165) is 49.6 Å². The van der Waals surface area contributed by atoms with Gasteiger partial charge in [-0.25, -0.2) is 0 Å². The molecule has 3 rings (SSSR count). The Bertz CT molecular complexity index is 491. The van der Waals surface area contributed by atoms with Crippen LogP contribution in [0.25, 0.3) is 0 Å². The highest BCUT2D eigenvalue weighted by atomic mass is 35.5. The molecule has 1 saturated carbocycles. The Morgan fingerprint density at radius 1 is 1.21 bits per heavy atom. The van der Waals surface area contributed by atoms with Gasteiger partial charge in [-0.1, -0.05) is 17.7 Å². The van der Waals surface area contributed by atoms with Gasteiger partial charge in [0.1, 0.15) is 0 Å². The van der Waals surface area contributed by atoms with E-state index < -0.39 is 0 Å². The molecular formula is C15H19ClN2O. The molecule has 0 aromatic heterocycles. The van der Waals surface area contributed by atoms with Crippen LogP contribution in [-0.4, -0.2) is 37.0 Å². The van der Waals surface area contributed by atoms with Gasteiger partial charge in [-0.05, 0) is 37.5 Å². The Balaban J connectivity index is 1.66. The zero-order valence-electron chi connectivity index (χ0n) is 11.2. The van der Waals surface area contributed by atoms with Gasteiger partial charge in [-0.15, -0.1) is 0 Å². The molecule has 3 nitrogen and oxygen atoms in total. The van der Waals surface area contributed by atoms with Crippen LogP contribution in [0.5, 0.6) is 0 Å². The van der Waals surface area contributed by atoms with Gasteiger partial charge in [0.05, 0.1) is 0 Å². The fourth-order valence-electron chi connectivity index (χ4n) is 2.69. The van der Waals surface area contributed by atoms with Gasteiger partial charge in [0.15, 0.2) is 0 Å². The van der Waals surface area contributed by atoms with E-state index in [-0.39, 0.29) is 0 Å². The van der Waals surface area contributed by atoms with Gasteiger partial charge < -0.3 is 9.80 Å². The summed E-state index contributed by atoms with van der Waals surface area (Å²) in [7, 11) is 0. The van der Waals surface area contributed by atoms with E-state index in [2.05, 4.69) is 17.9 Å². The summed E-state index contributed by atoms with van der Waals surface area (Å²) in [6, 6.07) is 6.03. The summed E-state index contributed by atoms with van der Waals surface area (Å²) < 4.78 is 0. The normalized spacial score (nSPS) is 19.7. The molecule has 0 spiro atoms. The van der Waals surface area contributed by atoms with Gasteiger partial charge in [-0.3, -0.25) is 4.79 Å². The van der Waals surface area contributed by atoms with Crippen molar-refractivity contribution in [3.05, 3.63) is 28.8 Å². The highest BCUT2D eigenvalue weighted by Gasteiger charge is 2.34. The van der Waals surface area contributed by atoms with Crippen LogP contribution in [0.2, 0.25) is 5.02 Å². The van der Waals surface area contributed by atoms with Crippen molar-refractivity contribution in [1.29, 1.82) is 0 Å². The Hall–Kier alpha value is -1.22. The molecule has 1 aliphatic carbocycles. The van der Waals surface area contributed by atoms with E-state index >= 15 is 0 Å². The number of hydrogen-bond donors (Lipinski definition) is 0. The first-order valence-corrected chi connectivity index (χ1v) is 7.33. The van der Waals surface area contributed by atoms with Crippen LogP contribution in [0.3, 0.4) is 0 Å². The number of nitrogens with zero attached hydrogens (tertiary/aromatic N) is 2. The van der Waals surface area contributed by atoms with Crippen molar-refractivity contribution in [3.8, 4) is 0 Å². The lowest BCUT2D eigenvalue weighted by molar-refractivity contribution is -0.132. The summed E-state index contributed by atoms with van der Waals surface area (Å²) in [6.07, 6.45) is 2.18. The van der Waals surface area contributed by atoms with Gasteiger partial charge in [0.25, 0.3) is 0 Å². The molecule has 19 heavy (non-hydrogen) atoms. The number of hydrogen-bond acceptors (Lipinski definition) is 2. The summed E-state index contributed by atoms with van der Waals surface area (Å²) >= 11 is 6.17. The van der Waals surface area contributed by atoms with Crippen LogP contribution in [0.4, 0.5) is 5.69 Å². The first-order chi connectivity index (χ1) is 9.16. The Morgan fingerprint density at radius 2 is 1.89 bits per heavy atom. The summed E-state index contributed by atoms with van der Waals surface area (Å²) in [5.74, 6) is 0.696. The van der Waals surface area contributed by atoms with Crippen molar-refractivity contribution in [1.82, 2.24) is 4.90 Å². The molecule has 102 valence electrons. The maximum Gasteiger partial charge on any atom is 0.225 e. The maximum atomic E-state index is 12.0. The van der Waals surface area contributed by atoms with Gasteiger partial charge in [0, 0.05) is 42.8 Å². The number of carbonyl (C=O) groups excluding carboxylic acids is 1. The minimum atomic E-state index is 0.333. The molecule has 1 aromatic carbocycles. The fourth-order valence-corrected chi connectivity index (χ4v) is 2.86. The van der Waals surface area contributed by atoms with Gasteiger partial charge >= 0.3 is 0 Å². The topological polar surface area (TPSA) is 23.6 Å². The van der Waals surface area contributed by atoms with E-state index in [4.69, 9.17) is 11.6 Å². The Labute approximate surface area is 119 Å². The lowest BCUT2D eigenvalue weighted by atomic mass is 10.1. The minimum Gasteiger partial charge on any atom is -0.368 e. The molecule has 4 heteroatoms. The zero-order valence-corrected chi connectivity index (χ0v) is 12.0. The second-order valence-corrected chi connectivity index (χ2v) is 5.88. The average molecular weight is 279 g/mol. The van der Waals surface area contributed by atoms with E-state index in [1.165, 1.54) is 5.69 Å². The number of piperazine rings is 1. The third-order valence-corrected chi connectivity index (χ3v) is 4.51. The number of anilines is 1. The molecule has 1 amide bonds. The van der Waals surface area contributed by atoms with Crippen molar-refractivity contribution in [2.75, 3.05) is 31.1 Å². The van der Waals surface area contributed by atoms with Crippen LogP contribution in [0.1, 0.15) is 18.4 Å². The second kappa shape index (κ2) is 5.04. The van der Waals surface area contributed by atoms with Crippen molar-refractivity contribution in [2.45, 2.75) is 19.8 Å². The summed E-state index contributed by atoms with van der Waals surface area (Å²) in [5.41, 5.74) is 2.33. The van der Waals surface area contributed by atoms with E-state index in [0.29, 0.717) is 11.8 Å². The second-order valence-electron chi connectivity index (χ2n) is 5.47. The molecule has 0 N–H and O–H groups in total. The lowest BCUT2D eigenvalue weighted by Gasteiger charge is -2.37. The smallest absolute Gasteiger partial charge is 0.225 e. The Kier molecular flexibility index (Phi) is 3.40. The predicted molar refractivity (Wildman–Crippen MR) is 77.7 cm³/mol.